The van der Waals surface area contributed by atoms with Gasteiger partial charge in [0.1, 0.15) is 18.2 Å². The zero-order valence-corrected chi connectivity index (χ0v) is 24.5. The number of carboxylic acid groups (broad SMARTS) is 1. The van der Waals surface area contributed by atoms with Crippen LogP contribution >= 0.6 is 11.6 Å². The summed E-state index contributed by atoms with van der Waals surface area (Å²) in [5.74, 6) is -2.29. The lowest BCUT2D eigenvalue weighted by molar-refractivity contribution is -0.140. The summed E-state index contributed by atoms with van der Waals surface area (Å²) in [5.41, 5.74) is 1.72. The number of halogens is 3. The highest BCUT2D eigenvalue weighted by atomic mass is 35.5. The lowest BCUT2D eigenvalue weighted by atomic mass is 9.92. The van der Waals surface area contributed by atoms with Crippen LogP contribution in [0.2, 0.25) is 5.02 Å². The fourth-order valence-electron chi connectivity index (χ4n) is 5.98. The van der Waals surface area contributed by atoms with Crippen molar-refractivity contribution in [2.75, 3.05) is 0 Å². The third kappa shape index (κ3) is 5.35. The van der Waals surface area contributed by atoms with E-state index >= 15 is 8.78 Å². The van der Waals surface area contributed by atoms with Gasteiger partial charge in [0.2, 0.25) is 5.91 Å². The third-order valence-corrected chi connectivity index (χ3v) is 8.38. The minimum Gasteiger partial charge on any atom is -0.480 e. The number of H-pyrrole nitrogens is 1. The number of carboxylic acids is 1. The van der Waals surface area contributed by atoms with Crippen LogP contribution in [-0.2, 0) is 16.1 Å². The molecule has 3 aromatic heterocycles. The molecule has 1 fully saturated rings. The molecule has 4 aromatic rings. The Morgan fingerprint density at radius 1 is 1.20 bits per heavy atom. The number of imidazole rings is 1. The molecule has 6 rings (SSSR count). The molecule has 0 unspecified atom stereocenters. The Morgan fingerprint density at radius 3 is 2.75 bits per heavy atom. The van der Waals surface area contributed by atoms with E-state index in [9.17, 15) is 14.7 Å². The molecule has 12 nitrogen and oxygen atoms in total. The fourth-order valence-corrected chi connectivity index (χ4v) is 6.14. The number of fused-ring (bicyclic) bond motifs is 1. The van der Waals surface area contributed by atoms with Crippen molar-refractivity contribution in [3.8, 4) is 16.9 Å². The molecule has 0 aliphatic carbocycles. The number of benzene rings is 1. The van der Waals surface area contributed by atoms with Gasteiger partial charge in [0.25, 0.3) is 0 Å². The topological polar surface area (TPSA) is 155 Å². The number of aromatic nitrogens is 7. The largest absolute Gasteiger partial charge is 0.480 e. The van der Waals surface area contributed by atoms with Crippen molar-refractivity contribution in [2.45, 2.75) is 57.8 Å². The summed E-state index contributed by atoms with van der Waals surface area (Å²) in [4.78, 5) is 38.5. The molecule has 3 N–H and O–H groups in total. The Hall–Kier alpha value is -4.56. The maximum absolute atomic E-state index is 15.5. The minimum atomic E-state index is -1.02. The van der Waals surface area contributed by atoms with Crippen molar-refractivity contribution in [3.05, 3.63) is 76.7 Å². The number of carbonyl (C=O) groups is 2. The van der Waals surface area contributed by atoms with E-state index in [2.05, 4.69) is 35.8 Å². The second kappa shape index (κ2) is 11.8. The van der Waals surface area contributed by atoms with E-state index in [-0.39, 0.29) is 46.3 Å². The molecular formula is C29H28ClF2N9O3. The highest BCUT2D eigenvalue weighted by Crippen LogP contribution is 2.44. The molecule has 15 heteroatoms. The molecule has 3 atom stereocenters. The van der Waals surface area contributed by atoms with Gasteiger partial charge in [0, 0.05) is 36.0 Å². The van der Waals surface area contributed by atoms with Gasteiger partial charge in [-0.1, -0.05) is 25.4 Å². The van der Waals surface area contributed by atoms with E-state index in [1.54, 1.807) is 24.8 Å². The monoisotopic (exact) mass is 623 g/mol. The first-order chi connectivity index (χ1) is 21.1. The quantitative estimate of drug-likeness (QED) is 0.250. The van der Waals surface area contributed by atoms with E-state index in [1.165, 1.54) is 41.6 Å². The van der Waals surface area contributed by atoms with Gasteiger partial charge in [-0.05, 0) is 59.4 Å². The Balaban J connectivity index is 1.24. The van der Waals surface area contributed by atoms with E-state index in [0.717, 1.165) is 0 Å². The lowest BCUT2D eigenvalue weighted by Gasteiger charge is -2.33. The normalized spacial score (nSPS) is 18.9. The van der Waals surface area contributed by atoms with Crippen molar-refractivity contribution >= 4 is 29.1 Å². The van der Waals surface area contributed by atoms with Crippen LogP contribution in [0.5, 0.6) is 0 Å². The first-order valence-corrected chi connectivity index (χ1v) is 14.4. The number of nitrogens with one attached hydrogen (secondary N) is 2. The Bertz CT molecular complexity index is 1760. The SMILES string of the molecule is CC(C)[C@H](NCc1nccc(-c2cnc([C@@H]3CC[C@@H]4CC(c5c(-n6cnnn6)ccc(Cl)c5F)=CC(=O)N43)[nH]2)c1F)C(=O)O. The predicted octanol–water partition coefficient (Wildman–Crippen LogP) is 4.10. The van der Waals surface area contributed by atoms with Crippen LogP contribution in [-0.4, -0.2) is 69.1 Å². The maximum Gasteiger partial charge on any atom is 0.320 e. The molecule has 228 valence electrons. The molecule has 5 heterocycles. The average molecular weight is 624 g/mol. The number of pyridine rings is 1. The Labute approximate surface area is 255 Å². The summed E-state index contributed by atoms with van der Waals surface area (Å²) < 4.78 is 32.2. The molecule has 1 amide bonds. The van der Waals surface area contributed by atoms with Crippen LogP contribution in [0.15, 0.2) is 43.0 Å². The third-order valence-electron chi connectivity index (χ3n) is 8.08. The number of rotatable bonds is 9. The molecule has 0 radical (unpaired) electrons. The van der Waals surface area contributed by atoms with Crippen molar-refractivity contribution in [2.24, 2.45) is 5.92 Å². The van der Waals surface area contributed by atoms with Crippen LogP contribution in [0, 0.1) is 17.6 Å². The van der Waals surface area contributed by atoms with Gasteiger partial charge in [-0.15, -0.1) is 5.10 Å². The van der Waals surface area contributed by atoms with Gasteiger partial charge in [-0.25, -0.2) is 13.8 Å². The zero-order chi connectivity index (χ0) is 31.1. The van der Waals surface area contributed by atoms with Crippen LogP contribution in [0.3, 0.4) is 0 Å². The predicted molar refractivity (Wildman–Crippen MR) is 154 cm³/mol. The first kappa shape index (κ1) is 29.5. The fraction of sp³-hybridized carbons (Fsp3) is 0.345. The van der Waals surface area contributed by atoms with Crippen molar-refractivity contribution in [1.82, 2.24) is 45.4 Å². The standard InChI is InChI=1S/C29H28ClF2N9O3/c1-14(2)27(29(43)44)34-12-20-25(31)17(7-8-33-20)19-11-35-28(37-19)22-5-3-16-9-15(10-23(42)41(16)22)24-21(40-13-36-38-39-40)6-4-18(30)26(24)32/h4,6-8,10-11,13-14,16,22,27,34H,3,5,9,12H2,1-2H3,(H,35,37)(H,43,44)/t16-,22+,27+/m1/s1. The summed E-state index contributed by atoms with van der Waals surface area (Å²) in [6.07, 6.45) is 7.32. The van der Waals surface area contributed by atoms with E-state index in [0.29, 0.717) is 42.0 Å². The van der Waals surface area contributed by atoms with E-state index in [1.807, 2.05) is 0 Å². The maximum atomic E-state index is 15.5. The molecule has 0 spiro atoms. The Morgan fingerprint density at radius 2 is 2.02 bits per heavy atom. The molecule has 44 heavy (non-hydrogen) atoms. The molecule has 0 saturated carbocycles. The molecule has 1 aromatic carbocycles. The highest BCUT2D eigenvalue weighted by molar-refractivity contribution is 6.31. The van der Waals surface area contributed by atoms with Crippen molar-refractivity contribution < 1.29 is 23.5 Å². The number of amides is 1. The molecular weight excluding hydrogens is 596 g/mol. The summed E-state index contributed by atoms with van der Waals surface area (Å²) in [6.45, 7) is 3.46. The summed E-state index contributed by atoms with van der Waals surface area (Å²) in [5, 5.41) is 23.3. The van der Waals surface area contributed by atoms with Gasteiger partial charge >= 0.3 is 5.97 Å². The molecule has 2 aliphatic heterocycles. The van der Waals surface area contributed by atoms with Crippen LogP contribution in [0.4, 0.5) is 8.78 Å². The van der Waals surface area contributed by atoms with E-state index in [4.69, 9.17) is 11.6 Å². The highest BCUT2D eigenvalue weighted by Gasteiger charge is 2.42. The van der Waals surface area contributed by atoms with Crippen molar-refractivity contribution in [3.63, 3.8) is 0 Å². The van der Waals surface area contributed by atoms with Crippen LogP contribution < -0.4 is 5.32 Å². The van der Waals surface area contributed by atoms with Crippen LogP contribution in [0.25, 0.3) is 22.5 Å². The number of aliphatic carboxylic acids is 1. The molecule has 0 bridgehead atoms. The van der Waals surface area contributed by atoms with Gasteiger partial charge in [-0.3, -0.25) is 19.9 Å². The molecule has 2 aliphatic rings. The zero-order valence-electron chi connectivity index (χ0n) is 23.7. The van der Waals surface area contributed by atoms with E-state index < -0.39 is 29.7 Å². The van der Waals surface area contributed by atoms with Crippen molar-refractivity contribution in [1.29, 1.82) is 0 Å². The smallest absolute Gasteiger partial charge is 0.320 e. The van der Waals surface area contributed by atoms with Crippen LogP contribution in [0.1, 0.15) is 56.2 Å². The summed E-state index contributed by atoms with van der Waals surface area (Å²) >= 11 is 6.12. The second-order valence-corrected chi connectivity index (χ2v) is 11.5. The van der Waals surface area contributed by atoms with Gasteiger partial charge in [0.15, 0.2) is 11.6 Å². The van der Waals surface area contributed by atoms with Gasteiger partial charge < -0.3 is 15.0 Å². The second-order valence-electron chi connectivity index (χ2n) is 11.1. The molecule has 1 saturated heterocycles. The lowest BCUT2D eigenvalue weighted by Crippen LogP contribution is -2.40. The average Bonchev–Trinajstić information content (AvgIpc) is 3.76. The Kier molecular flexibility index (Phi) is 7.95. The first-order valence-electron chi connectivity index (χ1n) is 14.0. The summed E-state index contributed by atoms with van der Waals surface area (Å²) in [7, 11) is 0. The number of aromatic amines is 1. The minimum absolute atomic E-state index is 0.0700. The number of hydrogen-bond donors (Lipinski definition) is 3. The van der Waals surface area contributed by atoms with Gasteiger partial charge in [-0.2, -0.15) is 4.68 Å². The number of tetrazole rings is 1. The number of carbonyl (C=O) groups excluding carboxylic acids is 1. The number of hydrogen-bond acceptors (Lipinski definition) is 8. The van der Waals surface area contributed by atoms with Gasteiger partial charge in [0.05, 0.1) is 34.3 Å². The summed E-state index contributed by atoms with van der Waals surface area (Å²) in [6, 6.07) is 3.06. The number of nitrogens with zero attached hydrogens (tertiary/aromatic N) is 7.